The molecule has 1 aromatic rings. The summed E-state index contributed by atoms with van der Waals surface area (Å²) >= 11 is 0. The van der Waals surface area contributed by atoms with Gasteiger partial charge in [-0.15, -0.1) is 0 Å². The summed E-state index contributed by atoms with van der Waals surface area (Å²) < 4.78 is 29.2. The van der Waals surface area contributed by atoms with Crippen molar-refractivity contribution in [1.29, 1.82) is 0 Å². The van der Waals surface area contributed by atoms with Gasteiger partial charge in [0.25, 0.3) is 0 Å². The van der Waals surface area contributed by atoms with Crippen LogP contribution in [0.5, 0.6) is 5.75 Å². The van der Waals surface area contributed by atoms with Crippen LogP contribution in [0.3, 0.4) is 0 Å². The maximum absolute atomic E-state index is 12.3. The Morgan fingerprint density at radius 3 is 2.41 bits per heavy atom. The first-order valence-corrected chi connectivity index (χ1v) is 5.95. The topological polar surface area (TPSA) is 35.2 Å². The standard InChI is InChI=1S/C13H17F2NO/c14-12(15)17-11-7-3-2-6-10(11)13(16)8-4-1-5-9-13/h2-3,6-7,12H,1,4-5,8-9,16H2. The van der Waals surface area contributed by atoms with Crippen molar-refractivity contribution >= 4 is 0 Å². The third kappa shape index (κ3) is 2.75. The molecular formula is C13H17F2NO. The zero-order valence-electron chi connectivity index (χ0n) is 9.66. The highest BCUT2D eigenvalue weighted by Gasteiger charge is 2.32. The molecule has 0 saturated heterocycles. The zero-order chi connectivity index (χ0) is 12.3. The fourth-order valence-corrected chi connectivity index (χ4v) is 2.53. The van der Waals surface area contributed by atoms with Crippen LogP contribution in [-0.2, 0) is 5.54 Å². The average molecular weight is 241 g/mol. The van der Waals surface area contributed by atoms with E-state index in [9.17, 15) is 8.78 Å². The SMILES string of the molecule is NC1(c2ccccc2OC(F)F)CCCCC1. The Morgan fingerprint density at radius 1 is 1.12 bits per heavy atom. The van der Waals surface area contributed by atoms with Gasteiger partial charge in [-0.2, -0.15) is 8.78 Å². The van der Waals surface area contributed by atoms with Crippen molar-refractivity contribution in [3.63, 3.8) is 0 Å². The van der Waals surface area contributed by atoms with Gasteiger partial charge in [0.2, 0.25) is 0 Å². The second-order valence-electron chi connectivity index (χ2n) is 4.59. The van der Waals surface area contributed by atoms with Gasteiger partial charge in [0.15, 0.2) is 0 Å². The van der Waals surface area contributed by atoms with E-state index in [1.807, 2.05) is 6.07 Å². The minimum atomic E-state index is -2.80. The molecule has 0 unspecified atom stereocenters. The Hall–Kier alpha value is -1.16. The highest BCUT2D eigenvalue weighted by atomic mass is 19.3. The van der Waals surface area contributed by atoms with Crippen molar-refractivity contribution in [2.24, 2.45) is 5.73 Å². The molecule has 1 saturated carbocycles. The lowest BCUT2D eigenvalue weighted by Gasteiger charge is -2.34. The number of nitrogens with two attached hydrogens (primary N) is 1. The Bertz CT molecular complexity index is 375. The molecule has 94 valence electrons. The molecule has 1 aromatic carbocycles. The molecule has 0 aromatic heterocycles. The molecule has 0 spiro atoms. The first-order chi connectivity index (χ1) is 8.12. The lowest BCUT2D eigenvalue weighted by atomic mass is 9.77. The van der Waals surface area contributed by atoms with E-state index in [1.165, 1.54) is 0 Å². The average Bonchev–Trinajstić information content (AvgIpc) is 2.30. The van der Waals surface area contributed by atoms with Crippen molar-refractivity contribution in [3.8, 4) is 5.75 Å². The third-order valence-corrected chi connectivity index (χ3v) is 3.39. The predicted octanol–water partition coefficient (Wildman–Crippen LogP) is 3.41. The summed E-state index contributed by atoms with van der Waals surface area (Å²) in [6.45, 7) is -2.80. The summed E-state index contributed by atoms with van der Waals surface area (Å²) in [6.07, 6.45) is 4.91. The Labute approximate surface area is 99.8 Å². The minimum Gasteiger partial charge on any atom is -0.434 e. The van der Waals surface area contributed by atoms with Gasteiger partial charge in [-0.1, -0.05) is 37.5 Å². The fraction of sp³-hybridized carbons (Fsp3) is 0.538. The number of benzene rings is 1. The molecule has 0 atom stereocenters. The van der Waals surface area contributed by atoms with Gasteiger partial charge in [0.1, 0.15) is 5.75 Å². The van der Waals surface area contributed by atoms with Gasteiger partial charge in [-0.05, 0) is 18.9 Å². The number of alkyl halides is 2. The van der Waals surface area contributed by atoms with Crippen LogP contribution < -0.4 is 10.5 Å². The molecule has 2 N–H and O–H groups in total. The van der Waals surface area contributed by atoms with Crippen LogP contribution in [0, 0.1) is 0 Å². The van der Waals surface area contributed by atoms with Crippen molar-refractivity contribution in [3.05, 3.63) is 29.8 Å². The third-order valence-electron chi connectivity index (χ3n) is 3.39. The molecule has 0 aliphatic heterocycles. The molecule has 0 heterocycles. The van der Waals surface area contributed by atoms with Crippen LogP contribution in [0.25, 0.3) is 0 Å². The molecule has 2 nitrogen and oxygen atoms in total. The summed E-state index contributed by atoms with van der Waals surface area (Å²) in [5.74, 6) is 0.215. The summed E-state index contributed by atoms with van der Waals surface area (Å²) in [5.41, 5.74) is 6.53. The van der Waals surface area contributed by atoms with E-state index < -0.39 is 12.2 Å². The van der Waals surface area contributed by atoms with Gasteiger partial charge in [-0.25, -0.2) is 0 Å². The molecule has 17 heavy (non-hydrogen) atoms. The maximum atomic E-state index is 12.3. The maximum Gasteiger partial charge on any atom is 0.387 e. The monoisotopic (exact) mass is 241 g/mol. The Balaban J connectivity index is 2.29. The van der Waals surface area contributed by atoms with E-state index in [-0.39, 0.29) is 5.75 Å². The summed E-state index contributed by atoms with van der Waals surface area (Å²) in [4.78, 5) is 0. The highest BCUT2D eigenvalue weighted by Crippen LogP contribution is 2.39. The number of para-hydroxylation sites is 1. The lowest BCUT2D eigenvalue weighted by Crippen LogP contribution is -2.39. The van der Waals surface area contributed by atoms with Crippen molar-refractivity contribution in [2.45, 2.75) is 44.3 Å². The number of rotatable bonds is 3. The van der Waals surface area contributed by atoms with Gasteiger partial charge in [0, 0.05) is 11.1 Å². The van der Waals surface area contributed by atoms with Crippen LogP contribution >= 0.6 is 0 Å². The molecule has 0 radical (unpaired) electrons. The van der Waals surface area contributed by atoms with E-state index in [2.05, 4.69) is 4.74 Å². The molecular weight excluding hydrogens is 224 g/mol. The Morgan fingerprint density at radius 2 is 1.76 bits per heavy atom. The van der Waals surface area contributed by atoms with Crippen molar-refractivity contribution in [1.82, 2.24) is 0 Å². The Kier molecular flexibility index (Phi) is 3.62. The van der Waals surface area contributed by atoms with E-state index in [4.69, 9.17) is 5.73 Å². The molecule has 1 aliphatic carbocycles. The van der Waals surface area contributed by atoms with Crippen LogP contribution in [-0.4, -0.2) is 6.61 Å². The van der Waals surface area contributed by atoms with Crippen molar-refractivity contribution in [2.75, 3.05) is 0 Å². The molecule has 4 heteroatoms. The number of halogens is 2. The molecule has 1 aliphatic rings. The van der Waals surface area contributed by atoms with Gasteiger partial charge >= 0.3 is 6.61 Å². The number of hydrogen-bond acceptors (Lipinski definition) is 2. The number of ether oxygens (including phenoxy) is 1. The smallest absolute Gasteiger partial charge is 0.387 e. The first kappa shape index (κ1) is 12.3. The molecule has 0 bridgehead atoms. The second kappa shape index (κ2) is 5.00. The number of hydrogen-bond donors (Lipinski definition) is 1. The summed E-state index contributed by atoms with van der Waals surface area (Å²) in [6, 6.07) is 6.86. The molecule has 2 rings (SSSR count). The fourth-order valence-electron chi connectivity index (χ4n) is 2.53. The normalized spacial score (nSPS) is 19.3. The van der Waals surface area contributed by atoms with E-state index in [0.717, 1.165) is 32.1 Å². The van der Waals surface area contributed by atoms with E-state index in [0.29, 0.717) is 5.56 Å². The van der Waals surface area contributed by atoms with E-state index in [1.54, 1.807) is 18.2 Å². The second-order valence-corrected chi connectivity index (χ2v) is 4.59. The van der Waals surface area contributed by atoms with Gasteiger partial charge in [-0.3, -0.25) is 0 Å². The summed E-state index contributed by atoms with van der Waals surface area (Å²) in [7, 11) is 0. The van der Waals surface area contributed by atoms with Crippen LogP contribution in [0.15, 0.2) is 24.3 Å². The van der Waals surface area contributed by atoms with Crippen LogP contribution in [0.4, 0.5) is 8.78 Å². The zero-order valence-corrected chi connectivity index (χ0v) is 9.66. The minimum absolute atomic E-state index is 0.215. The largest absolute Gasteiger partial charge is 0.434 e. The first-order valence-electron chi connectivity index (χ1n) is 5.95. The van der Waals surface area contributed by atoms with Crippen molar-refractivity contribution < 1.29 is 13.5 Å². The van der Waals surface area contributed by atoms with Gasteiger partial charge < -0.3 is 10.5 Å². The lowest BCUT2D eigenvalue weighted by molar-refractivity contribution is -0.0512. The predicted molar refractivity (Wildman–Crippen MR) is 62.0 cm³/mol. The van der Waals surface area contributed by atoms with Gasteiger partial charge in [0.05, 0.1) is 0 Å². The quantitative estimate of drug-likeness (QED) is 0.880. The van der Waals surface area contributed by atoms with Crippen LogP contribution in [0.1, 0.15) is 37.7 Å². The molecule has 1 fully saturated rings. The molecule has 0 amide bonds. The van der Waals surface area contributed by atoms with E-state index >= 15 is 0 Å². The van der Waals surface area contributed by atoms with Crippen LogP contribution in [0.2, 0.25) is 0 Å². The highest BCUT2D eigenvalue weighted by molar-refractivity contribution is 5.39. The summed E-state index contributed by atoms with van der Waals surface area (Å²) in [5, 5.41) is 0.